The Balaban J connectivity index is 2.31. The van der Waals surface area contributed by atoms with Crippen molar-refractivity contribution in [2.24, 2.45) is 0 Å². The molecule has 0 unspecified atom stereocenters. The maximum Gasteiger partial charge on any atom is 0.272 e. The highest BCUT2D eigenvalue weighted by Gasteiger charge is 2.23. The lowest BCUT2D eigenvalue weighted by Gasteiger charge is -2.05. The summed E-state index contributed by atoms with van der Waals surface area (Å²) in [7, 11) is -3.60. The number of nitrogens with zero attached hydrogens (tertiary/aromatic N) is 5. The molecule has 0 saturated heterocycles. The second-order valence-electron chi connectivity index (χ2n) is 4.67. The van der Waals surface area contributed by atoms with E-state index in [1.807, 2.05) is 6.92 Å². The maximum atomic E-state index is 12.3. The van der Waals surface area contributed by atoms with Crippen molar-refractivity contribution in [3.05, 3.63) is 34.4 Å². The van der Waals surface area contributed by atoms with E-state index in [9.17, 15) is 18.5 Å². The number of nitro benzene ring substituents is 1. The van der Waals surface area contributed by atoms with Crippen LogP contribution in [0.5, 0.6) is 0 Å². The van der Waals surface area contributed by atoms with Crippen molar-refractivity contribution in [1.82, 2.24) is 20.2 Å². The van der Waals surface area contributed by atoms with Crippen LogP contribution in [0, 0.1) is 10.1 Å². The Hall–Kier alpha value is -2.36. The van der Waals surface area contributed by atoms with E-state index in [1.54, 1.807) is 0 Å². The molecule has 2 rings (SSSR count). The SMILES string of the molecule is CCCCCS(=O)(=O)c1nnnn1-c1ccc([N+](=O)[O-])cc1. The van der Waals surface area contributed by atoms with Crippen molar-refractivity contribution >= 4 is 15.5 Å². The number of sulfone groups is 1. The molecule has 118 valence electrons. The van der Waals surface area contributed by atoms with Crippen molar-refractivity contribution in [2.75, 3.05) is 5.75 Å². The number of tetrazole rings is 1. The second kappa shape index (κ2) is 6.60. The number of non-ortho nitro benzene ring substituents is 1. The standard InChI is InChI=1S/C12H15N5O4S/c1-2-3-4-9-22(20,21)12-13-14-15-16(12)10-5-7-11(8-6-10)17(18)19/h5-8H,2-4,9H2,1H3. The predicted molar refractivity (Wildman–Crippen MR) is 77.4 cm³/mol. The molecule has 0 aliphatic carbocycles. The van der Waals surface area contributed by atoms with Gasteiger partial charge in [-0.2, -0.15) is 4.68 Å². The zero-order valence-electron chi connectivity index (χ0n) is 11.9. The molecule has 0 N–H and O–H groups in total. The first kappa shape index (κ1) is 16.0. The molecule has 0 aliphatic rings. The quantitative estimate of drug-likeness (QED) is 0.430. The summed E-state index contributed by atoms with van der Waals surface area (Å²) >= 11 is 0. The molecule has 1 heterocycles. The summed E-state index contributed by atoms with van der Waals surface area (Å²) in [5.74, 6) is -0.0335. The summed E-state index contributed by atoms with van der Waals surface area (Å²) in [5.41, 5.74) is 0.258. The van der Waals surface area contributed by atoms with Gasteiger partial charge in [0.25, 0.3) is 10.8 Å². The first-order chi connectivity index (χ1) is 10.5. The van der Waals surface area contributed by atoms with E-state index in [-0.39, 0.29) is 16.6 Å². The van der Waals surface area contributed by atoms with Crippen molar-refractivity contribution in [2.45, 2.75) is 31.3 Å². The number of hydrogen-bond acceptors (Lipinski definition) is 7. The molecule has 0 aliphatic heterocycles. The van der Waals surface area contributed by atoms with E-state index in [2.05, 4.69) is 15.5 Å². The molecule has 0 atom stereocenters. The van der Waals surface area contributed by atoms with Gasteiger partial charge in [0.1, 0.15) is 0 Å². The number of nitro groups is 1. The minimum Gasteiger partial charge on any atom is -0.258 e. The Labute approximate surface area is 127 Å². The van der Waals surface area contributed by atoms with Crippen LogP contribution in [0.1, 0.15) is 26.2 Å². The lowest BCUT2D eigenvalue weighted by molar-refractivity contribution is -0.384. The molecule has 0 amide bonds. The Kier molecular flexibility index (Phi) is 4.81. The number of benzene rings is 1. The zero-order chi connectivity index (χ0) is 16.2. The highest BCUT2D eigenvalue weighted by molar-refractivity contribution is 7.91. The predicted octanol–water partition coefficient (Wildman–Crippen LogP) is 1.53. The smallest absolute Gasteiger partial charge is 0.258 e. The van der Waals surface area contributed by atoms with Gasteiger partial charge in [0.05, 0.1) is 16.4 Å². The summed E-state index contributed by atoms with van der Waals surface area (Å²) in [5, 5.41) is 21.0. The van der Waals surface area contributed by atoms with Gasteiger partial charge in [-0.3, -0.25) is 10.1 Å². The van der Waals surface area contributed by atoms with E-state index < -0.39 is 14.8 Å². The molecular formula is C12H15N5O4S. The van der Waals surface area contributed by atoms with Crippen LogP contribution in [-0.4, -0.2) is 39.3 Å². The van der Waals surface area contributed by atoms with Crippen LogP contribution in [0.4, 0.5) is 5.69 Å². The van der Waals surface area contributed by atoms with Crippen molar-refractivity contribution < 1.29 is 13.3 Å². The molecule has 10 heteroatoms. The minimum atomic E-state index is -3.60. The highest BCUT2D eigenvalue weighted by Crippen LogP contribution is 2.18. The minimum absolute atomic E-state index is 0.0335. The van der Waals surface area contributed by atoms with Crippen LogP contribution in [0.3, 0.4) is 0 Å². The molecule has 1 aromatic heterocycles. The van der Waals surface area contributed by atoms with Crippen molar-refractivity contribution in [3.8, 4) is 5.69 Å². The molecule has 9 nitrogen and oxygen atoms in total. The lowest BCUT2D eigenvalue weighted by atomic mass is 10.3. The summed E-state index contributed by atoms with van der Waals surface area (Å²) in [6.45, 7) is 1.98. The molecule has 0 bridgehead atoms. The van der Waals surface area contributed by atoms with Crippen LogP contribution in [0.25, 0.3) is 5.69 Å². The molecular weight excluding hydrogens is 310 g/mol. The second-order valence-corrected chi connectivity index (χ2v) is 6.68. The molecule has 0 saturated carbocycles. The normalized spacial score (nSPS) is 11.5. The summed E-state index contributed by atoms with van der Waals surface area (Å²) in [6, 6.07) is 5.34. The first-order valence-electron chi connectivity index (χ1n) is 6.71. The van der Waals surface area contributed by atoms with Crippen molar-refractivity contribution in [3.63, 3.8) is 0 Å². The van der Waals surface area contributed by atoms with Crippen LogP contribution in [0.2, 0.25) is 0 Å². The largest absolute Gasteiger partial charge is 0.272 e. The Morgan fingerprint density at radius 2 is 1.91 bits per heavy atom. The Morgan fingerprint density at radius 1 is 1.23 bits per heavy atom. The fourth-order valence-electron chi connectivity index (χ4n) is 1.88. The van der Waals surface area contributed by atoms with Gasteiger partial charge < -0.3 is 0 Å². The molecule has 2 aromatic rings. The van der Waals surface area contributed by atoms with Crippen molar-refractivity contribution in [1.29, 1.82) is 0 Å². The highest BCUT2D eigenvalue weighted by atomic mass is 32.2. The molecule has 0 radical (unpaired) electrons. The van der Waals surface area contributed by atoms with Gasteiger partial charge in [0.2, 0.25) is 9.84 Å². The van der Waals surface area contributed by atoms with Crippen LogP contribution >= 0.6 is 0 Å². The Bertz CT molecular complexity index is 754. The number of aromatic nitrogens is 4. The molecule has 0 spiro atoms. The summed E-state index contributed by atoms with van der Waals surface area (Å²) in [4.78, 5) is 10.1. The Morgan fingerprint density at radius 3 is 2.50 bits per heavy atom. The topological polar surface area (TPSA) is 121 Å². The van der Waals surface area contributed by atoms with Gasteiger partial charge in [0.15, 0.2) is 0 Å². The van der Waals surface area contributed by atoms with Gasteiger partial charge in [-0.05, 0) is 29.0 Å². The van der Waals surface area contributed by atoms with Gasteiger partial charge >= 0.3 is 0 Å². The fraction of sp³-hybridized carbons (Fsp3) is 0.417. The number of rotatable bonds is 7. The lowest BCUT2D eigenvalue weighted by Crippen LogP contribution is -2.14. The number of hydrogen-bond donors (Lipinski definition) is 0. The first-order valence-corrected chi connectivity index (χ1v) is 8.37. The third kappa shape index (κ3) is 3.45. The molecule has 22 heavy (non-hydrogen) atoms. The zero-order valence-corrected chi connectivity index (χ0v) is 12.7. The summed E-state index contributed by atoms with van der Waals surface area (Å²) < 4.78 is 25.6. The van der Waals surface area contributed by atoms with Crippen LogP contribution in [-0.2, 0) is 9.84 Å². The average Bonchev–Trinajstić information content (AvgIpc) is 2.98. The third-order valence-electron chi connectivity index (χ3n) is 3.04. The summed E-state index contributed by atoms with van der Waals surface area (Å²) in [6.07, 6.45) is 2.24. The van der Waals surface area contributed by atoms with E-state index >= 15 is 0 Å². The van der Waals surface area contributed by atoms with E-state index in [0.717, 1.165) is 17.5 Å². The van der Waals surface area contributed by atoms with Crippen LogP contribution in [0.15, 0.2) is 29.4 Å². The van der Waals surface area contributed by atoms with E-state index in [4.69, 9.17) is 0 Å². The van der Waals surface area contributed by atoms with Crippen LogP contribution < -0.4 is 0 Å². The van der Waals surface area contributed by atoms with Gasteiger partial charge in [-0.25, -0.2) is 8.42 Å². The molecule has 1 aromatic carbocycles. The third-order valence-corrected chi connectivity index (χ3v) is 4.68. The van der Waals surface area contributed by atoms with E-state index in [1.165, 1.54) is 24.3 Å². The van der Waals surface area contributed by atoms with Gasteiger partial charge in [-0.15, -0.1) is 0 Å². The average molecular weight is 325 g/mol. The van der Waals surface area contributed by atoms with E-state index in [0.29, 0.717) is 12.1 Å². The number of unbranched alkanes of at least 4 members (excludes halogenated alkanes) is 2. The van der Waals surface area contributed by atoms with Gasteiger partial charge in [0, 0.05) is 12.1 Å². The monoisotopic (exact) mass is 325 g/mol. The molecule has 0 fully saturated rings. The fourth-order valence-corrected chi connectivity index (χ4v) is 3.22. The van der Waals surface area contributed by atoms with Gasteiger partial charge in [-0.1, -0.05) is 24.9 Å². The maximum absolute atomic E-state index is 12.3.